The minimum atomic E-state index is -0.998. The summed E-state index contributed by atoms with van der Waals surface area (Å²) in [5, 5.41) is 0. The predicted octanol–water partition coefficient (Wildman–Crippen LogP) is 1.35. The zero-order valence-electron chi connectivity index (χ0n) is 17.5. The van der Waals surface area contributed by atoms with E-state index >= 15 is 0 Å². The molecule has 0 saturated carbocycles. The van der Waals surface area contributed by atoms with Crippen LogP contribution in [0, 0.1) is 0 Å². The van der Waals surface area contributed by atoms with Crippen molar-refractivity contribution in [3.8, 4) is 11.5 Å². The largest absolute Gasteiger partial charge is 0.493 e. The SMILES string of the molecule is COc1ccc(C2OC[C@H]3O[C@H](OC)[C@H](OC(C)=O)[C@@H](OC(C)=O)[C@@H]3O2)cc1OC. The Morgan fingerprint density at radius 2 is 1.60 bits per heavy atom. The molecule has 2 aliphatic rings. The number of ether oxygens (including phenoxy) is 8. The molecule has 2 saturated heterocycles. The topological polar surface area (TPSA) is 108 Å². The van der Waals surface area contributed by atoms with Crippen LogP contribution in [-0.2, 0) is 38.0 Å². The first-order valence-corrected chi connectivity index (χ1v) is 9.39. The van der Waals surface area contributed by atoms with Crippen LogP contribution in [-0.4, -0.2) is 70.6 Å². The van der Waals surface area contributed by atoms with Gasteiger partial charge in [0, 0.05) is 26.5 Å². The minimum Gasteiger partial charge on any atom is -0.493 e. The number of methoxy groups -OCH3 is 3. The van der Waals surface area contributed by atoms with Gasteiger partial charge in [0.1, 0.15) is 12.2 Å². The third kappa shape index (κ3) is 4.67. The second-order valence-corrected chi connectivity index (χ2v) is 6.81. The molecular weight excluding hydrogens is 400 g/mol. The van der Waals surface area contributed by atoms with Gasteiger partial charge in [-0.05, 0) is 12.1 Å². The van der Waals surface area contributed by atoms with E-state index in [9.17, 15) is 9.59 Å². The van der Waals surface area contributed by atoms with Gasteiger partial charge in [0.05, 0.1) is 20.8 Å². The fourth-order valence-corrected chi connectivity index (χ4v) is 3.55. The molecule has 30 heavy (non-hydrogen) atoms. The fraction of sp³-hybridized carbons (Fsp3) is 0.600. The molecule has 10 nitrogen and oxygen atoms in total. The molecule has 0 N–H and O–H groups in total. The van der Waals surface area contributed by atoms with Crippen LogP contribution in [0.5, 0.6) is 11.5 Å². The Hall–Kier alpha value is -2.40. The molecule has 0 amide bonds. The van der Waals surface area contributed by atoms with Gasteiger partial charge < -0.3 is 37.9 Å². The van der Waals surface area contributed by atoms with Crippen molar-refractivity contribution >= 4 is 11.9 Å². The molecule has 166 valence electrons. The van der Waals surface area contributed by atoms with Gasteiger partial charge >= 0.3 is 11.9 Å². The first-order valence-electron chi connectivity index (χ1n) is 9.39. The maximum Gasteiger partial charge on any atom is 0.303 e. The lowest BCUT2D eigenvalue weighted by atomic mass is 9.97. The first-order chi connectivity index (χ1) is 14.4. The second-order valence-electron chi connectivity index (χ2n) is 6.81. The van der Waals surface area contributed by atoms with E-state index in [0.29, 0.717) is 17.1 Å². The Morgan fingerprint density at radius 1 is 0.933 bits per heavy atom. The molecule has 0 spiro atoms. The zero-order valence-corrected chi connectivity index (χ0v) is 17.5. The van der Waals surface area contributed by atoms with Crippen LogP contribution in [0.25, 0.3) is 0 Å². The number of rotatable bonds is 6. The molecule has 2 heterocycles. The lowest BCUT2D eigenvalue weighted by Gasteiger charge is -2.47. The van der Waals surface area contributed by atoms with Gasteiger partial charge in [0.2, 0.25) is 0 Å². The van der Waals surface area contributed by atoms with Crippen LogP contribution in [0.1, 0.15) is 25.7 Å². The quantitative estimate of drug-likeness (QED) is 0.619. The molecule has 6 atom stereocenters. The number of esters is 2. The summed E-state index contributed by atoms with van der Waals surface area (Å²) in [6.07, 6.45) is -5.02. The number of benzene rings is 1. The van der Waals surface area contributed by atoms with Gasteiger partial charge in [-0.15, -0.1) is 0 Å². The lowest BCUT2D eigenvalue weighted by molar-refractivity contribution is -0.359. The minimum absolute atomic E-state index is 0.147. The summed E-state index contributed by atoms with van der Waals surface area (Å²) in [4.78, 5) is 23.4. The second kappa shape index (κ2) is 9.61. The van der Waals surface area contributed by atoms with E-state index in [2.05, 4.69) is 0 Å². The summed E-state index contributed by atoms with van der Waals surface area (Å²) >= 11 is 0. The van der Waals surface area contributed by atoms with Crippen LogP contribution >= 0.6 is 0 Å². The Labute approximate surface area is 174 Å². The summed E-state index contributed by atoms with van der Waals surface area (Å²) in [5.74, 6) is -0.0419. The third-order valence-corrected chi connectivity index (χ3v) is 4.80. The highest BCUT2D eigenvalue weighted by Crippen LogP contribution is 2.38. The van der Waals surface area contributed by atoms with Crippen molar-refractivity contribution in [1.29, 1.82) is 0 Å². The van der Waals surface area contributed by atoms with Crippen LogP contribution in [0.2, 0.25) is 0 Å². The summed E-state index contributed by atoms with van der Waals surface area (Å²) in [7, 11) is 4.48. The van der Waals surface area contributed by atoms with Crippen LogP contribution in [0.4, 0.5) is 0 Å². The summed E-state index contributed by atoms with van der Waals surface area (Å²) < 4.78 is 44.5. The average molecular weight is 426 g/mol. The van der Waals surface area contributed by atoms with E-state index in [1.54, 1.807) is 25.3 Å². The van der Waals surface area contributed by atoms with Crippen LogP contribution in [0.15, 0.2) is 18.2 Å². The molecule has 0 aliphatic carbocycles. The Morgan fingerprint density at radius 3 is 2.20 bits per heavy atom. The molecule has 10 heteroatoms. The van der Waals surface area contributed by atoms with Crippen LogP contribution in [0.3, 0.4) is 0 Å². The molecular formula is C20H26O10. The molecule has 3 rings (SSSR count). The predicted molar refractivity (Wildman–Crippen MR) is 99.9 cm³/mol. The van der Waals surface area contributed by atoms with Crippen molar-refractivity contribution in [1.82, 2.24) is 0 Å². The van der Waals surface area contributed by atoms with Crippen molar-refractivity contribution in [2.75, 3.05) is 27.9 Å². The first kappa shape index (κ1) is 22.3. The van der Waals surface area contributed by atoms with E-state index in [-0.39, 0.29) is 6.61 Å². The van der Waals surface area contributed by atoms with Gasteiger partial charge in [0.15, 0.2) is 36.3 Å². The van der Waals surface area contributed by atoms with E-state index in [1.165, 1.54) is 28.1 Å². The number of fused-ring (bicyclic) bond motifs is 1. The molecule has 0 bridgehead atoms. The van der Waals surface area contributed by atoms with Gasteiger partial charge in [-0.3, -0.25) is 9.59 Å². The number of hydrogen-bond acceptors (Lipinski definition) is 10. The zero-order chi connectivity index (χ0) is 21.8. The highest BCUT2D eigenvalue weighted by atomic mass is 16.8. The summed E-state index contributed by atoms with van der Waals surface area (Å²) in [6.45, 7) is 2.66. The number of carbonyl (C=O) groups excluding carboxylic acids is 2. The number of carbonyl (C=O) groups is 2. The van der Waals surface area contributed by atoms with E-state index in [4.69, 9.17) is 37.9 Å². The van der Waals surface area contributed by atoms with Crippen molar-refractivity contribution in [3.63, 3.8) is 0 Å². The van der Waals surface area contributed by atoms with Gasteiger partial charge in [0.25, 0.3) is 0 Å². The highest BCUT2D eigenvalue weighted by molar-refractivity contribution is 5.67. The van der Waals surface area contributed by atoms with Gasteiger partial charge in [-0.2, -0.15) is 0 Å². The van der Waals surface area contributed by atoms with Crippen molar-refractivity contribution < 1.29 is 47.5 Å². The van der Waals surface area contributed by atoms with Gasteiger partial charge in [-0.25, -0.2) is 0 Å². The van der Waals surface area contributed by atoms with E-state index < -0.39 is 48.9 Å². The normalized spacial score (nSPS) is 30.7. The van der Waals surface area contributed by atoms with E-state index in [0.717, 1.165) is 0 Å². The lowest BCUT2D eigenvalue weighted by Crippen LogP contribution is -2.64. The highest BCUT2D eigenvalue weighted by Gasteiger charge is 2.53. The van der Waals surface area contributed by atoms with E-state index in [1.807, 2.05) is 0 Å². The standard InChI is InChI=1S/C20H26O10/c1-10(21)27-17-16-15(29-20(25-5)18(17)28-11(2)22)9-26-19(30-16)12-6-7-13(23-3)14(8-12)24-4/h6-8,15-20H,9H2,1-5H3/t15-,16-,17+,18-,19?,20+/m1/s1. The Balaban J connectivity index is 1.88. The molecule has 1 unspecified atom stereocenters. The van der Waals surface area contributed by atoms with Crippen LogP contribution < -0.4 is 9.47 Å². The van der Waals surface area contributed by atoms with Crippen molar-refractivity contribution in [2.45, 2.75) is 50.8 Å². The molecule has 2 aliphatic heterocycles. The molecule has 1 aromatic rings. The Kier molecular flexibility index (Phi) is 7.14. The molecule has 1 aromatic carbocycles. The summed E-state index contributed by atoms with van der Waals surface area (Å²) in [6, 6.07) is 5.24. The maximum atomic E-state index is 11.8. The maximum absolute atomic E-state index is 11.8. The monoisotopic (exact) mass is 426 g/mol. The van der Waals surface area contributed by atoms with Crippen molar-refractivity contribution in [2.24, 2.45) is 0 Å². The third-order valence-electron chi connectivity index (χ3n) is 4.80. The fourth-order valence-electron chi connectivity index (χ4n) is 3.55. The smallest absolute Gasteiger partial charge is 0.303 e. The Bertz CT molecular complexity index is 766. The van der Waals surface area contributed by atoms with Gasteiger partial charge in [-0.1, -0.05) is 6.07 Å². The summed E-state index contributed by atoms with van der Waals surface area (Å²) in [5.41, 5.74) is 0.672. The number of hydrogen-bond donors (Lipinski definition) is 0. The van der Waals surface area contributed by atoms with Crippen molar-refractivity contribution in [3.05, 3.63) is 23.8 Å². The molecule has 0 radical (unpaired) electrons. The molecule has 0 aromatic heterocycles. The molecule has 2 fully saturated rings. The average Bonchev–Trinajstić information content (AvgIpc) is 2.73.